The molecule has 0 spiro atoms. The van der Waals surface area contributed by atoms with Gasteiger partial charge < -0.3 is 147 Å². The van der Waals surface area contributed by atoms with Crippen molar-refractivity contribution < 1.29 is 147 Å². The molecule has 0 rings (SSSR count). The Morgan fingerprint density at radius 3 is 0.354 bits per heavy atom. The van der Waals surface area contributed by atoms with Crippen LogP contribution in [0.3, 0.4) is 0 Å². The second-order valence-corrected chi connectivity index (χ2v) is 21.0. The molecule has 96 heavy (non-hydrogen) atoms. The fourth-order valence-electron chi connectivity index (χ4n) is 6.65. The van der Waals surface area contributed by atoms with Gasteiger partial charge >= 0.3 is 0 Å². The van der Waals surface area contributed by atoms with Gasteiger partial charge in [-0.25, -0.2) is 0 Å². The van der Waals surface area contributed by atoms with E-state index < -0.39 is 0 Å². The van der Waals surface area contributed by atoms with Crippen molar-refractivity contribution in [2.45, 2.75) is 0 Å². The van der Waals surface area contributed by atoms with Crippen molar-refractivity contribution in [1.29, 1.82) is 0 Å². The minimum absolute atomic E-state index is 0.0166. The minimum Gasteiger partial charge on any atom is -0.394 e. The standard InChI is InChI=1S/C63H128O31S2/c1-95-62-63-96-94-61-60-93-59-58-92-57-56-91-55-54-90-53-52-89-51-50-88-49-48-87-47-46-86-45-44-85-43-42-84-41-40-83-39-38-82-37-36-81-35-34-80-33-32-79-31-30-78-29-28-77-27-26-76-25-24-75-23-22-74-21-20-73-19-18-72-17-16-71-15-14-70-13-12-69-11-10-68-9-8-67-7-6-66-5-4-65-3-2-64/h64H,2-63H2,1H3. The molecular formula is C63H128O31S2. The summed E-state index contributed by atoms with van der Waals surface area (Å²) in [5, 5.41) is 8.62. The monoisotopic (exact) mass is 1440 g/mol. The highest BCUT2D eigenvalue weighted by molar-refractivity contribution is 8.00. The van der Waals surface area contributed by atoms with Gasteiger partial charge in [-0.1, -0.05) is 0 Å². The van der Waals surface area contributed by atoms with E-state index in [1.165, 1.54) is 12.0 Å². The number of thioether (sulfide) groups is 1. The number of aliphatic hydroxyl groups is 1. The van der Waals surface area contributed by atoms with Crippen molar-refractivity contribution in [2.75, 3.05) is 414 Å². The molecule has 0 radical (unpaired) electrons. The maximum Gasteiger partial charge on any atom is 0.0847 e. The summed E-state index contributed by atoms with van der Waals surface area (Å²) in [7, 11) is 0. The Balaban J connectivity index is 3.09. The van der Waals surface area contributed by atoms with Gasteiger partial charge in [-0.3, -0.25) is 0 Å². The van der Waals surface area contributed by atoms with Crippen LogP contribution < -0.4 is 0 Å². The molecule has 1 N–H and O–H groups in total. The van der Waals surface area contributed by atoms with Crippen LogP contribution in [0, 0.1) is 0 Å². The highest BCUT2D eigenvalue weighted by Crippen LogP contribution is 2.05. The van der Waals surface area contributed by atoms with Crippen molar-refractivity contribution in [3.8, 4) is 0 Å². The third-order valence-corrected chi connectivity index (χ3v) is 13.0. The number of aliphatic hydroxyl groups excluding tert-OH is 1. The molecular weight excluding hydrogens is 1320 g/mol. The van der Waals surface area contributed by atoms with Crippen molar-refractivity contribution in [3.63, 3.8) is 0 Å². The molecule has 0 atom stereocenters. The average molecular weight is 1450 g/mol. The molecule has 33 heteroatoms. The summed E-state index contributed by atoms with van der Waals surface area (Å²) in [5.74, 6) is 2.08. The fraction of sp³-hybridized carbons (Fsp3) is 1.00. The van der Waals surface area contributed by atoms with Gasteiger partial charge in [-0.05, 0) is 18.3 Å². The van der Waals surface area contributed by atoms with Gasteiger partial charge in [0, 0.05) is 11.5 Å². The number of hydrogen-bond acceptors (Lipinski definition) is 33. The minimum atomic E-state index is 0.0166. The number of ether oxygens (including phenoxy) is 29. The molecule has 0 aliphatic heterocycles. The van der Waals surface area contributed by atoms with E-state index in [-0.39, 0.29) is 6.61 Å². The summed E-state index contributed by atoms with van der Waals surface area (Å²) in [6.07, 6.45) is 2.08. The van der Waals surface area contributed by atoms with Gasteiger partial charge in [0.25, 0.3) is 0 Å². The third-order valence-electron chi connectivity index (χ3n) is 11.4. The lowest BCUT2D eigenvalue weighted by Crippen LogP contribution is -2.16. The molecule has 0 aromatic heterocycles. The van der Waals surface area contributed by atoms with E-state index in [2.05, 4.69) is 6.26 Å². The van der Waals surface area contributed by atoms with E-state index in [1.54, 1.807) is 0 Å². The van der Waals surface area contributed by atoms with E-state index in [1.807, 2.05) is 11.8 Å². The Labute approximate surface area is 582 Å². The smallest absolute Gasteiger partial charge is 0.0847 e. The van der Waals surface area contributed by atoms with Crippen molar-refractivity contribution in [1.82, 2.24) is 0 Å². The highest BCUT2D eigenvalue weighted by Gasteiger charge is 2.02. The van der Waals surface area contributed by atoms with Crippen molar-refractivity contribution in [3.05, 3.63) is 0 Å². The van der Waals surface area contributed by atoms with Crippen LogP contribution in [-0.4, -0.2) is 419 Å². The van der Waals surface area contributed by atoms with Crippen LogP contribution in [0.15, 0.2) is 0 Å². The van der Waals surface area contributed by atoms with Gasteiger partial charge in [0.15, 0.2) is 0 Å². The first-order valence-electron chi connectivity index (χ1n) is 34.0. The molecule has 0 unspecified atom stereocenters. The van der Waals surface area contributed by atoms with Gasteiger partial charge in [0.1, 0.15) is 0 Å². The molecule has 0 aliphatic rings. The van der Waals surface area contributed by atoms with Crippen LogP contribution in [-0.2, 0) is 142 Å². The molecule has 0 aliphatic carbocycles. The number of hydrogen-bond donors (Lipinski definition) is 1. The topological polar surface area (TPSA) is 297 Å². The molecule has 0 saturated carbocycles. The van der Waals surface area contributed by atoms with E-state index in [0.717, 1.165) is 11.5 Å². The maximum atomic E-state index is 8.62. The lowest BCUT2D eigenvalue weighted by molar-refractivity contribution is -0.0324. The van der Waals surface area contributed by atoms with Crippen molar-refractivity contribution >= 4 is 23.8 Å². The van der Waals surface area contributed by atoms with Gasteiger partial charge in [-0.2, -0.15) is 11.8 Å². The first-order chi connectivity index (χ1) is 47.9. The molecule has 578 valence electrons. The fourth-order valence-corrected chi connectivity index (χ4v) is 7.89. The van der Waals surface area contributed by atoms with Crippen LogP contribution in [0.2, 0.25) is 0 Å². The predicted molar refractivity (Wildman–Crippen MR) is 358 cm³/mol. The van der Waals surface area contributed by atoms with Gasteiger partial charge in [0.05, 0.1) is 396 Å². The summed E-state index contributed by atoms with van der Waals surface area (Å²) >= 11 is 3.29. The Morgan fingerprint density at radius 1 is 0.146 bits per heavy atom. The maximum absolute atomic E-state index is 8.62. The summed E-state index contributed by atoms with van der Waals surface area (Å²) in [4.78, 5) is 0. The third kappa shape index (κ3) is 93.5. The summed E-state index contributed by atoms with van der Waals surface area (Å²) in [6.45, 7) is 28.9. The molecule has 0 saturated heterocycles. The zero-order valence-corrected chi connectivity index (χ0v) is 60.0. The summed E-state index contributed by atoms with van der Waals surface area (Å²) < 4.78 is 165. The molecule has 0 amide bonds. The van der Waals surface area contributed by atoms with E-state index >= 15 is 0 Å². The molecule has 31 nitrogen and oxygen atoms in total. The van der Waals surface area contributed by atoms with Crippen LogP contribution in [0.25, 0.3) is 0 Å². The lowest BCUT2D eigenvalue weighted by atomic mass is 10.6. The average Bonchev–Trinajstić information content (AvgIpc) is 3.61. The predicted octanol–water partition coefficient (Wildman–Crippen LogP) is 1.49. The highest BCUT2D eigenvalue weighted by atomic mass is 32.2. The van der Waals surface area contributed by atoms with Crippen LogP contribution in [0.5, 0.6) is 0 Å². The zero-order valence-electron chi connectivity index (χ0n) is 58.4. The number of rotatable bonds is 93. The molecule has 0 aromatic carbocycles. The van der Waals surface area contributed by atoms with Crippen LogP contribution in [0.1, 0.15) is 0 Å². The first kappa shape index (κ1) is 95.5. The Bertz CT molecular complexity index is 1240. The van der Waals surface area contributed by atoms with Gasteiger partial charge in [0.2, 0.25) is 0 Å². The van der Waals surface area contributed by atoms with Crippen LogP contribution in [0.4, 0.5) is 0 Å². The second kappa shape index (κ2) is 94.5. The molecule has 0 fully saturated rings. The first-order valence-corrected chi connectivity index (χ1v) is 36.3. The van der Waals surface area contributed by atoms with Crippen LogP contribution >= 0.6 is 23.8 Å². The molecule has 0 aromatic rings. The lowest BCUT2D eigenvalue weighted by Gasteiger charge is -2.09. The summed E-state index contributed by atoms with van der Waals surface area (Å²) in [5.41, 5.74) is 0. The van der Waals surface area contributed by atoms with Crippen molar-refractivity contribution in [2.24, 2.45) is 0 Å². The Hall–Kier alpha value is -0.540. The Morgan fingerprint density at radius 2 is 0.250 bits per heavy atom. The van der Waals surface area contributed by atoms with E-state index in [0.29, 0.717) is 390 Å². The van der Waals surface area contributed by atoms with E-state index in [9.17, 15) is 0 Å². The Kier molecular flexibility index (Phi) is 93.9. The second-order valence-electron chi connectivity index (χ2n) is 19.1. The quantitative estimate of drug-likeness (QED) is 0.0666. The molecule has 0 heterocycles. The van der Waals surface area contributed by atoms with Gasteiger partial charge in [-0.15, -0.1) is 0 Å². The normalized spacial score (nSPS) is 11.8. The van der Waals surface area contributed by atoms with E-state index in [4.69, 9.17) is 147 Å². The molecule has 0 bridgehead atoms. The summed E-state index contributed by atoms with van der Waals surface area (Å²) in [6, 6.07) is 0. The SMILES string of the molecule is CSCCSOCCOCCOCCOCCOCCOCCOCCOCCOCCOCCOCCOCCOCCOCCOCCOCCOCCOCCOCCOCCOCCOCCOCCOCCOCCOCCOCCOCCOCCOCCO. The largest absolute Gasteiger partial charge is 0.394 e. The zero-order chi connectivity index (χ0) is 68.5.